The summed E-state index contributed by atoms with van der Waals surface area (Å²) in [4.78, 5) is 15.3. The Bertz CT molecular complexity index is 431. The Morgan fingerprint density at radius 1 is 1.47 bits per heavy atom. The molecule has 0 N–H and O–H groups in total. The lowest BCUT2D eigenvalue weighted by molar-refractivity contribution is -0.139. The largest absolute Gasteiger partial charge is 0.424 e. The fraction of sp³-hybridized carbons (Fsp3) is 0.308. The van der Waals surface area contributed by atoms with E-state index in [1.54, 1.807) is 4.90 Å². The smallest absolute Gasteiger partial charge is 0.325 e. The number of carbonyl (C=O) groups excluding carboxylic acids is 1. The van der Waals surface area contributed by atoms with Gasteiger partial charge in [-0.15, -0.1) is 0 Å². The van der Waals surface area contributed by atoms with Crippen molar-refractivity contribution in [2.75, 3.05) is 27.2 Å². The van der Waals surface area contributed by atoms with Crippen molar-refractivity contribution in [1.29, 1.82) is 0 Å². The van der Waals surface area contributed by atoms with Crippen LogP contribution in [0.4, 0.5) is 0 Å². The lowest BCUT2D eigenvalue weighted by atomic mass is 10.2. The maximum atomic E-state index is 11.5. The van der Waals surface area contributed by atoms with Gasteiger partial charge in [-0.3, -0.25) is 9.69 Å². The van der Waals surface area contributed by atoms with Crippen LogP contribution >= 0.6 is 0 Å². The lowest BCUT2D eigenvalue weighted by Gasteiger charge is -2.26. The van der Waals surface area contributed by atoms with Gasteiger partial charge in [-0.25, -0.2) is 0 Å². The summed E-state index contributed by atoms with van der Waals surface area (Å²) in [6, 6.07) is 0. The van der Waals surface area contributed by atoms with E-state index in [2.05, 4.69) is 6.08 Å². The summed E-state index contributed by atoms with van der Waals surface area (Å²) >= 11 is 0. The SMILES string of the molecule is CN(C)CC(=O)OC1=CN2CC=CC=C2C=C1. The number of carbonyl (C=O) groups is 1. The van der Waals surface area contributed by atoms with E-state index in [1.165, 1.54) is 0 Å². The number of likely N-dealkylation sites (N-methyl/N-ethyl adjacent to an activating group) is 1. The first kappa shape index (κ1) is 11.7. The van der Waals surface area contributed by atoms with Crippen LogP contribution in [-0.4, -0.2) is 43.0 Å². The van der Waals surface area contributed by atoms with Crippen molar-refractivity contribution in [3.05, 3.63) is 48.0 Å². The molecule has 2 rings (SSSR count). The van der Waals surface area contributed by atoms with Crippen LogP contribution in [0.3, 0.4) is 0 Å². The van der Waals surface area contributed by atoms with E-state index < -0.39 is 0 Å². The van der Waals surface area contributed by atoms with Crippen LogP contribution in [-0.2, 0) is 9.53 Å². The maximum absolute atomic E-state index is 11.5. The van der Waals surface area contributed by atoms with Crippen LogP contribution in [0, 0.1) is 0 Å². The number of fused-ring (bicyclic) bond motifs is 1. The fourth-order valence-electron chi connectivity index (χ4n) is 1.67. The molecule has 0 unspecified atom stereocenters. The second kappa shape index (κ2) is 5.01. The van der Waals surface area contributed by atoms with E-state index >= 15 is 0 Å². The van der Waals surface area contributed by atoms with Crippen LogP contribution in [0.15, 0.2) is 48.0 Å². The highest BCUT2D eigenvalue weighted by Gasteiger charge is 2.14. The second-order valence-electron chi connectivity index (χ2n) is 4.25. The van der Waals surface area contributed by atoms with Crippen LogP contribution in [0.2, 0.25) is 0 Å². The van der Waals surface area contributed by atoms with Gasteiger partial charge in [0.25, 0.3) is 0 Å². The van der Waals surface area contributed by atoms with E-state index in [4.69, 9.17) is 4.74 Å². The average Bonchev–Trinajstić information content (AvgIpc) is 2.27. The summed E-state index contributed by atoms with van der Waals surface area (Å²) in [5.74, 6) is 0.343. The molecule has 0 radical (unpaired) electrons. The molecular weight excluding hydrogens is 216 g/mol. The van der Waals surface area contributed by atoms with E-state index in [0.717, 1.165) is 12.2 Å². The van der Waals surface area contributed by atoms with E-state index in [0.29, 0.717) is 5.76 Å². The average molecular weight is 232 g/mol. The number of hydrogen-bond donors (Lipinski definition) is 0. The molecule has 0 saturated carbocycles. The van der Waals surface area contributed by atoms with Gasteiger partial charge in [-0.05, 0) is 32.3 Å². The van der Waals surface area contributed by atoms with Gasteiger partial charge in [0.05, 0.1) is 6.54 Å². The Morgan fingerprint density at radius 3 is 3.06 bits per heavy atom. The number of hydrogen-bond acceptors (Lipinski definition) is 4. The number of esters is 1. The molecule has 0 aliphatic carbocycles. The Kier molecular flexibility index (Phi) is 3.44. The summed E-state index contributed by atoms with van der Waals surface area (Å²) in [5, 5.41) is 0. The van der Waals surface area contributed by atoms with Crippen molar-refractivity contribution >= 4 is 5.97 Å². The first-order valence-electron chi connectivity index (χ1n) is 5.54. The van der Waals surface area contributed by atoms with Gasteiger partial charge in [0.1, 0.15) is 5.76 Å². The molecular formula is C13H16N2O2. The van der Waals surface area contributed by atoms with E-state index in [1.807, 2.05) is 49.5 Å². The molecule has 0 amide bonds. The Hall–Kier alpha value is -1.81. The maximum Gasteiger partial charge on any atom is 0.325 e. The summed E-state index contributed by atoms with van der Waals surface area (Å²) in [5.41, 5.74) is 1.11. The van der Waals surface area contributed by atoms with Crippen LogP contribution < -0.4 is 0 Å². The zero-order chi connectivity index (χ0) is 12.3. The van der Waals surface area contributed by atoms with Crippen LogP contribution in [0.25, 0.3) is 0 Å². The van der Waals surface area contributed by atoms with Gasteiger partial charge >= 0.3 is 5.97 Å². The highest BCUT2D eigenvalue weighted by atomic mass is 16.5. The van der Waals surface area contributed by atoms with Gasteiger partial charge in [0.2, 0.25) is 0 Å². The molecule has 0 aromatic rings. The molecule has 0 atom stereocenters. The first-order valence-corrected chi connectivity index (χ1v) is 5.54. The van der Waals surface area contributed by atoms with Gasteiger partial charge in [0, 0.05) is 18.4 Å². The summed E-state index contributed by atoms with van der Waals surface area (Å²) in [6.45, 7) is 1.10. The molecule has 90 valence electrons. The molecule has 0 aromatic heterocycles. The van der Waals surface area contributed by atoms with Gasteiger partial charge < -0.3 is 9.64 Å². The third-order valence-electron chi connectivity index (χ3n) is 2.42. The van der Waals surface area contributed by atoms with Crippen LogP contribution in [0.5, 0.6) is 0 Å². The highest BCUT2D eigenvalue weighted by molar-refractivity contribution is 5.73. The normalized spacial score (nSPS) is 17.7. The molecule has 2 heterocycles. The number of nitrogens with zero attached hydrogens (tertiary/aromatic N) is 2. The zero-order valence-electron chi connectivity index (χ0n) is 10.1. The third kappa shape index (κ3) is 3.07. The van der Waals surface area contributed by atoms with Gasteiger partial charge in [0.15, 0.2) is 0 Å². The second-order valence-corrected chi connectivity index (χ2v) is 4.25. The molecule has 2 aliphatic rings. The summed E-state index contributed by atoms with van der Waals surface area (Å²) in [6.07, 6.45) is 11.7. The molecule has 4 nitrogen and oxygen atoms in total. The predicted octanol–water partition coefficient (Wildman–Crippen LogP) is 1.26. The Morgan fingerprint density at radius 2 is 2.29 bits per heavy atom. The van der Waals surface area contributed by atoms with Crippen molar-refractivity contribution in [3.8, 4) is 0 Å². The summed E-state index contributed by atoms with van der Waals surface area (Å²) < 4.78 is 5.25. The molecule has 0 bridgehead atoms. The standard InChI is InChI=1S/C13H16N2O2/c1-14(2)10-13(16)17-12-7-6-11-5-3-4-8-15(11)9-12/h3-7,9H,8,10H2,1-2H3. The monoisotopic (exact) mass is 232 g/mol. The molecule has 2 aliphatic heterocycles. The predicted molar refractivity (Wildman–Crippen MR) is 65.8 cm³/mol. The lowest BCUT2D eigenvalue weighted by Crippen LogP contribution is -2.25. The number of allylic oxidation sites excluding steroid dienone is 4. The minimum absolute atomic E-state index is 0.245. The molecule has 0 fully saturated rings. The molecule has 0 spiro atoms. The first-order chi connectivity index (χ1) is 8.15. The zero-order valence-corrected chi connectivity index (χ0v) is 10.1. The quantitative estimate of drug-likeness (QED) is 0.686. The van der Waals surface area contributed by atoms with Crippen molar-refractivity contribution < 1.29 is 9.53 Å². The number of ether oxygens (including phenoxy) is 1. The van der Waals surface area contributed by atoms with Gasteiger partial charge in [-0.1, -0.05) is 12.2 Å². The van der Waals surface area contributed by atoms with E-state index in [-0.39, 0.29) is 12.5 Å². The van der Waals surface area contributed by atoms with Crippen molar-refractivity contribution in [2.45, 2.75) is 0 Å². The minimum atomic E-state index is -0.245. The fourth-order valence-corrected chi connectivity index (χ4v) is 1.67. The topological polar surface area (TPSA) is 32.8 Å². The van der Waals surface area contributed by atoms with E-state index in [9.17, 15) is 4.79 Å². The van der Waals surface area contributed by atoms with Crippen LogP contribution in [0.1, 0.15) is 0 Å². The molecule has 0 aromatic carbocycles. The molecule has 4 heteroatoms. The molecule has 0 saturated heterocycles. The molecule has 17 heavy (non-hydrogen) atoms. The van der Waals surface area contributed by atoms with Crippen molar-refractivity contribution in [3.63, 3.8) is 0 Å². The third-order valence-corrected chi connectivity index (χ3v) is 2.42. The number of rotatable bonds is 3. The Labute approximate surface area is 101 Å². The van der Waals surface area contributed by atoms with Crippen molar-refractivity contribution in [2.24, 2.45) is 0 Å². The highest BCUT2D eigenvalue weighted by Crippen LogP contribution is 2.20. The minimum Gasteiger partial charge on any atom is -0.424 e. The summed E-state index contributed by atoms with van der Waals surface area (Å²) in [7, 11) is 3.67. The van der Waals surface area contributed by atoms with Crippen molar-refractivity contribution in [1.82, 2.24) is 9.80 Å². The van der Waals surface area contributed by atoms with Gasteiger partial charge in [-0.2, -0.15) is 0 Å². The Balaban J connectivity index is 1.98.